The highest BCUT2D eigenvalue weighted by molar-refractivity contribution is 6.10. The van der Waals surface area contributed by atoms with Crippen LogP contribution in [0.4, 0.5) is 17.1 Å². The number of para-hydroxylation sites is 2. The van der Waals surface area contributed by atoms with Gasteiger partial charge in [0.05, 0.1) is 11.0 Å². The number of fused-ring (bicyclic) bond motifs is 9. The molecule has 0 saturated heterocycles. The third kappa shape index (κ3) is 6.10. The van der Waals surface area contributed by atoms with E-state index in [1.807, 2.05) is 0 Å². The van der Waals surface area contributed by atoms with Crippen molar-refractivity contribution in [1.29, 1.82) is 0 Å². The van der Waals surface area contributed by atoms with Crippen LogP contribution < -0.4 is 4.90 Å². The van der Waals surface area contributed by atoms with Crippen molar-refractivity contribution in [2.24, 2.45) is 0 Å². The number of benzene rings is 10. The zero-order valence-electron chi connectivity index (χ0n) is 38.8. The van der Waals surface area contributed by atoms with E-state index in [1.54, 1.807) is 0 Å². The maximum Gasteiger partial charge on any atom is 0.0541 e. The molecule has 1 heterocycles. The Balaban J connectivity index is 0.888. The molecular weight excluding hydrogens is 821 g/mol. The summed E-state index contributed by atoms with van der Waals surface area (Å²) in [6.45, 7) is 9.48. The zero-order chi connectivity index (χ0) is 45.7. The fourth-order valence-electron chi connectivity index (χ4n) is 11.7. The monoisotopic (exact) mass is 870 g/mol. The van der Waals surface area contributed by atoms with Gasteiger partial charge in [-0.1, -0.05) is 185 Å². The van der Waals surface area contributed by atoms with Crippen LogP contribution in [0.1, 0.15) is 49.9 Å². The molecule has 2 nitrogen and oxygen atoms in total. The highest BCUT2D eigenvalue weighted by Crippen LogP contribution is 2.54. The van der Waals surface area contributed by atoms with E-state index >= 15 is 0 Å². The third-order valence-electron chi connectivity index (χ3n) is 15.2. The lowest BCUT2D eigenvalue weighted by Gasteiger charge is -2.28. The molecule has 0 unspecified atom stereocenters. The van der Waals surface area contributed by atoms with Gasteiger partial charge in [-0.15, -0.1) is 0 Å². The SMILES string of the molecule is CC1(C)c2ccccc2-c2ccc(N(c3ccc(-c4ccc5c(c4)C(C)(C)c4cccc(-c6ccccc6)c4-5)cc3)c3ccc(-c4ccc5c(c4)c4ccccc4n5-c4ccccc4)cc3)cc21. The molecule has 0 saturated carbocycles. The second-order valence-electron chi connectivity index (χ2n) is 19.7. The summed E-state index contributed by atoms with van der Waals surface area (Å²) in [4.78, 5) is 2.43. The van der Waals surface area contributed by atoms with Crippen molar-refractivity contribution in [3.63, 3.8) is 0 Å². The molecule has 0 spiro atoms. The van der Waals surface area contributed by atoms with E-state index < -0.39 is 0 Å². The standard InChI is InChI=1S/C66H50N2/c1-65(2)58-23-13-11-20-53(58)54-38-36-51(42-61(54)65)67(49-32-26-43(27-33-49)46-31-39-63-57(40-46)55-21-12-14-25-62(55)68(63)48-18-9-6-10-19-48)50-34-28-44(29-35-50)47-30-37-56-60(41-47)66(3,4)59-24-15-22-52(64(56)59)45-16-7-5-8-17-45/h5-42H,1-4H3. The minimum Gasteiger partial charge on any atom is -0.310 e. The first-order valence-corrected chi connectivity index (χ1v) is 23.9. The quantitative estimate of drug-likeness (QED) is 0.155. The predicted molar refractivity (Wildman–Crippen MR) is 287 cm³/mol. The van der Waals surface area contributed by atoms with Crippen LogP contribution in [0.3, 0.4) is 0 Å². The van der Waals surface area contributed by atoms with E-state index in [0.717, 1.165) is 17.1 Å². The van der Waals surface area contributed by atoms with Crippen LogP contribution in [0.2, 0.25) is 0 Å². The van der Waals surface area contributed by atoms with Crippen molar-refractivity contribution in [1.82, 2.24) is 4.57 Å². The number of nitrogens with zero attached hydrogens (tertiary/aromatic N) is 2. The molecule has 0 amide bonds. The summed E-state index contributed by atoms with van der Waals surface area (Å²) in [7, 11) is 0. The third-order valence-corrected chi connectivity index (χ3v) is 15.2. The number of rotatable bonds is 7. The van der Waals surface area contributed by atoms with Gasteiger partial charge in [-0.2, -0.15) is 0 Å². The molecule has 0 N–H and O–H groups in total. The maximum absolute atomic E-state index is 2.44. The molecule has 68 heavy (non-hydrogen) atoms. The van der Waals surface area contributed by atoms with E-state index in [1.165, 1.54) is 105 Å². The predicted octanol–water partition coefficient (Wildman–Crippen LogP) is 17.9. The van der Waals surface area contributed by atoms with Gasteiger partial charge in [-0.25, -0.2) is 0 Å². The van der Waals surface area contributed by atoms with Gasteiger partial charge in [0.2, 0.25) is 0 Å². The van der Waals surface area contributed by atoms with E-state index in [4.69, 9.17) is 0 Å². The summed E-state index contributed by atoms with van der Waals surface area (Å²) in [6, 6.07) is 85.4. The average Bonchev–Trinajstić information content (AvgIpc) is 3.93. The fraction of sp³-hybridized carbons (Fsp3) is 0.0909. The van der Waals surface area contributed by atoms with Crippen LogP contribution in [0.25, 0.3) is 83.1 Å². The second kappa shape index (κ2) is 15.2. The van der Waals surface area contributed by atoms with Crippen LogP contribution >= 0.6 is 0 Å². The second-order valence-corrected chi connectivity index (χ2v) is 19.7. The molecule has 0 fully saturated rings. The molecule has 0 aliphatic heterocycles. The molecule has 2 aliphatic carbocycles. The zero-order valence-corrected chi connectivity index (χ0v) is 38.8. The van der Waals surface area contributed by atoms with Crippen molar-refractivity contribution in [3.8, 4) is 61.3 Å². The largest absolute Gasteiger partial charge is 0.310 e. The Morgan fingerprint density at radius 1 is 0.309 bits per heavy atom. The maximum atomic E-state index is 2.44. The first-order chi connectivity index (χ1) is 33.2. The molecule has 324 valence electrons. The van der Waals surface area contributed by atoms with Gasteiger partial charge in [0.25, 0.3) is 0 Å². The smallest absolute Gasteiger partial charge is 0.0541 e. The average molecular weight is 871 g/mol. The van der Waals surface area contributed by atoms with Gasteiger partial charge in [0.1, 0.15) is 0 Å². The van der Waals surface area contributed by atoms with Crippen molar-refractivity contribution in [3.05, 3.63) is 253 Å². The van der Waals surface area contributed by atoms with Crippen molar-refractivity contribution < 1.29 is 0 Å². The van der Waals surface area contributed by atoms with E-state index in [2.05, 4.69) is 268 Å². The summed E-state index contributed by atoms with van der Waals surface area (Å²) in [5.41, 5.74) is 25.0. The summed E-state index contributed by atoms with van der Waals surface area (Å²) < 4.78 is 2.38. The Bertz CT molecular complexity index is 3760. The number of aromatic nitrogens is 1. The van der Waals surface area contributed by atoms with Gasteiger partial charge in [-0.3, -0.25) is 0 Å². The van der Waals surface area contributed by atoms with Crippen LogP contribution in [0.5, 0.6) is 0 Å². The number of hydrogen-bond donors (Lipinski definition) is 0. The molecule has 2 heteroatoms. The van der Waals surface area contributed by atoms with Gasteiger partial charge < -0.3 is 9.47 Å². The molecule has 0 atom stereocenters. The van der Waals surface area contributed by atoms with Gasteiger partial charge in [0, 0.05) is 44.4 Å². The van der Waals surface area contributed by atoms with E-state index in [0.29, 0.717) is 0 Å². The number of anilines is 3. The summed E-state index contributed by atoms with van der Waals surface area (Å²) in [5, 5.41) is 2.51. The fourth-order valence-corrected chi connectivity index (χ4v) is 11.7. The highest BCUT2D eigenvalue weighted by Gasteiger charge is 2.38. The first kappa shape index (κ1) is 40.1. The lowest BCUT2D eigenvalue weighted by molar-refractivity contribution is 0.660. The van der Waals surface area contributed by atoms with Crippen LogP contribution in [-0.4, -0.2) is 4.57 Å². The molecular formula is C66H50N2. The van der Waals surface area contributed by atoms with E-state index in [-0.39, 0.29) is 10.8 Å². The Morgan fingerprint density at radius 2 is 0.824 bits per heavy atom. The van der Waals surface area contributed by atoms with Crippen LogP contribution in [-0.2, 0) is 10.8 Å². The lowest BCUT2D eigenvalue weighted by Crippen LogP contribution is -2.16. The van der Waals surface area contributed by atoms with Gasteiger partial charge >= 0.3 is 0 Å². The Hall–Kier alpha value is -8.20. The first-order valence-electron chi connectivity index (χ1n) is 23.9. The minimum absolute atomic E-state index is 0.119. The van der Waals surface area contributed by atoms with Crippen molar-refractivity contribution in [2.75, 3.05) is 4.90 Å². The van der Waals surface area contributed by atoms with Gasteiger partial charge in [-0.05, 0) is 151 Å². The van der Waals surface area contributed by atoms with E-state index in [9.17, 15) is 0 Å². The van der Waals surface area contributed by atoms with Crippen LogP contribution in [0, 0.1) is 0 Å². The molecule has 2 aliphatic rings. The van der Waals surface area contributed by atoms with Gasteiger partial charge in [0.15, 0.2) is 0 Å². The summed E-state index contributed by atoms with van der Waals surface area (Å²) in [5.74, 6) is 0. The molecule has 11 aromatic rings. The molecule has 0 bridgehead atoms. The lowest BCUT2D eigenvalue weighted by atomic mass is 9.81. The minimum atomic E-state index is -0.123. The molecule has 1 aromatic heterocycles. The summed E-state index contributed by atoms with van der Waals surface area (Å²) in [6.07, 6.45) is 0. The Morgan fingerprint density at radius 3 is 1.57 bits per heavy atom. The molecule has 10 aromatic carbocycles. The normalized spacial score (nSPS) is 13.8. The number of hydrogen-bond acceptors (Lipinski definition) is 1. The van der Waals surface area contributed by atoms with Crippen molar-refractivity contribution >= 4 is 38.9 Å². The molecule has 13 rings (SSSR count). The van der Waals surface area contributed by atoms with Crippen LogP contribution in [0.15, 0.2) is 231 Å². The topological polar surface area (TPSA) is 8.17 Å². The summed E-state index contributed by atoms with van der Waals surface area (Å²) >= 11 is 0. The Kier molecular flexibility index (Phi) is 8.95. The Labute approximate surface area is 399 Å². The molecule has 0 radical (unpaired) electrons. The van der Waals surface area contributed by atoms with Crippen molar-refractivity contribution in [2.45, 2.75) is 38.5 Å². The highest BCUT2D eigenvalue weighted by atomic mass is 15.1.